The highest BCUT2D eigenvalue weighted by molar-refractivity contribution is 8.18. The minimum atomic E-state index is -4.49. The average molecular weight is 394 g/mol. The number of hydrogen-bond donors (Lipinski definition) is 2. The zero-order valence-electron chi connectivity index (χ0n) is 12.8. The van der Waals surface area contributed by atoms with Crippen molar-refractivity contribution < 1.29 is 22.8 Å². The van der Waals surface area contributed by atoms with Gasteiger partial charge in [0.2, 0.25) is 0 Å². The van der Waals surface area contributed by atoms with E-state index in [-0.39, 0.29) is 28.9 Å². The number of nitrogens with zero attached hydrogens (tertiary/aromatic N) is 1. The number of anilines is 1. The molecule has 0 aromatic heterocycles. The third-order valence-electron chi connectivity index (χ3n) is 3.85. The summed E-state index contributed by atoms with van der Waals surface area (Å²) in [7, 11) is 0. The Morgan fingerprint density at radius 2 is 2.04 bits per heavy atom. The van der Waals surface area contributed by atoms with E-state index in [1.807, 2.05) is 4.90 Å². The molecule has 136 valence electrons. The quantitative estimate of drug-likeness (QED) is 0.755. The smallest absolute Gasteiger partial charge is 0.369 e. The van der Waals surface area contributed by atoms with Gasteiger partial charge in [0.05, 0.1) is 10.5 Å². The maximum atomic E-state index is 13.0. The molecule has 2 fully saturated rings. The van der Waals surface area contributed by atoms with Gasteiger partial charge in [-0.15, -0.1) is 12.4 Å². The van der Waals surface area contributed by atoms with Gasteiger partial charge in [-0.1, -0.05) is 0 Å². The molecule has 10 heteroatoms. The van der Waals surface area contributed by atoms with Crippen LogP contribution in [0.4, 0.5) is 23.7 Å². The monoisotopic (exact) mass is 393 g/mol. The van der Waals surface area contributed by atoms with Crippen molar-refractivity contribution in [3.8, 4) is 0 Å². The molecular weight excluding hydrogens is 379 g/mol. The molecule has 2 amide bonds. The summed E-state index contributed by atoms with van der Waals surface area (Å²) in [5, 5.41) is 1.55. The van der Waals surface area contributed by atoms with Crippen LogP contribution in [0.15, 0.2) is 23.1 Å². The molecule has 5 nitrogen and oxygen atoms in total. The van der Waals surface area contributed by atoms with Gasteiger partial charge in [-0.05, 0) is 48.0 Å². The normalized spacial score (nSPS) is 22.3. The first-order valence-electron chi connectivity index (χ1n) is 7.20. The van der Waals surface area contributed by atoms with Crippen molar-refractivity contribution in [2.24, 2.45) is 5.73 Å². The van der Waals surface area contributed by atoms with E-state index in [0.29, 0.717) is 30.5 Å². The Hall–Kier alpha value is -1.71. The highest BCUT2D eigenvalue weighted by atomic mass is 35.5. The van der Waals surface area contributed by atoms with Crippen LogP contribution in [0, 0.1) is 0 Å². The van der Waals surface area contributed by atoms with E-state index >= 15 is 0 Å². The van der Waals surface area contributed by atoms with Gasteiger partial charge in [0, 0.05) is 24.8 Å². The van der Waals surface area contributed by atoms with Crippen LogP contribution in [0.25, 0.3) is 6.08 Å². The molecule has 2 aliphatic heterocycles. The van der Waals surface area contributed by atoms with Crippen molar-refractivity contribution in [3.63, 3.8) is 0 Å². The number of rotatable bonds is 2. The second-order valence-corrected chi connectivity index (χ2v) is 6.63. The highest BCUT2D eigenvalue weighted by Crippen LogP contribution is 2.36. The molecule has 0 radical (unpaired) electrons. The van der Waals surface area contributed by atoms with Crippen LogP contribution in [0.1, 0.15) is 17.5 Å². The lowest BCUT2D eigenvalue weighted by Crippen LogP contribution is -2.26. The first kappa shape index (κ1) is 19.6. The average Bonchev–Trinajstić information content (AvgIpc) is 3.04. The maximum Gasteiger partial charge on any atom is 0.416 e. The Labute approximate surface area is 152 Å². The predicted molar refractivity (Wildman–Crippen MR) is 92.6 cm³/mol. The lowest BCUT2D eigenvalue weighted by Gasteiger charge is -2.22. The topological polar surface area (TPSA) is 75.4 Å². The Balaban J connectivity index is 0.00000225. The molecule has 0 aliphatic carbocycles. The number of carbonyl (C=O) groups is 2. The number of halogens is 4. The summed E-state index contributed by atoms with van der Waals surface area (Å²) in [5.74, 6) is -0.605. The maximum absolute atomic E-state index is 13.0. The van der Waals surface area contributed by atoms with E-state index in [9.17, 15) is 22.8 Å². The summed E-state index contributed by atoms with van der Waals surface area (Å²) in [6, 6.07) is 3.34. The molecule has 2 aliphatic rings. The summed E-state index contributed by atoms with van der Waals surface area (Å²) in [4.78, 5) is 24.9. The summed E-state index contributed by atoms with van der Waals surface area (Å²) in [6.07, 6.45) is -2.43. The Bertz CT molecular complexity index is 739. The first-order valence-corrected chi connectivity index (χ1v) is 8.02. The molecule has 2 heterocycles. The molecular formula is C15H15ClF3N3O2S. The molecule has 25 heavy (non-hydrogen) atoms. The number of nitrogens with two attached hydrogens (primary N) is 1. The molecule has 2 saturated heterocycles. The van der Waals surface area contributed by atoms with E-state index in [2.05, 4.69) is 5.32 Å². The summed E-state index contributed by atoms with van der Waals surface area (Å²) < 4.78 is 39.0. The Morgan fingerprint density at radius 1 is 1.32 bits per heavy atom. The van der Waals surface area contributed by atoms with Crippen LogP contribution in [-0.2, 0) is 11.0 Å². The zero-order valence-corrected chi connectivity index (χ0v) is 14.4. The lowest BCUT2D eigenvalue weighted by atomic mass is 10.1. The van der Waals surface area contributed by atoms with Gasteiger partial charge in [-0.3, -0.25) is 14.9 Å². The summed E-state index contributed by atoms with van der Waals surface area (Å²) in [6.45, 7) is 1.15. The standard InChI is InChI=1S/C15H14F3N3O2S.ClH/c16-15(17,18)9-1-2-11(21-4-3-10(19)7-21)8(5-9)6-12-13(22)20-14(23)24-12;/h1-2,5-6,10H,3-4,7,19H2,(H,20,22,23);1H/b12-6+;. The van der Waals surface area contributed by atoms with Crippen LogP contribution in [0.3, 0.4) is 0 Å². The van der Waals surface area contributed by atoms with Crippen LogP contribution in [0.2, 0.25) is 0 Å². The number of benzene rings is 1. The molecule has 0 bridgehead atoms. The number of thioether (sulfide) groups is 1. The van der Waals surface area contributed by atoms with Crippen LogP contribution in [0.5, 0.6) is 0 Å². The van der Waals surface area contributed by atoms with Crippen molar-refractivity contribution in [2.75, 3.05) is 18.0 Å². The van der Waals surface area contributed by atoms with E-state index in [0.717, 1.165) is 18.6 Å². The predicted octanol–water partition coefficient (Wildman–Crippen LogP) is 2.99. The van der Waals surface area contributed by atoms with Crippen LogP contribution >= 0.6 is 24.2 Å². The number of amides is 2. The number of imide groups is 1. The van der Waals surface area contributed by atoms with E-state index < -0.39 is 22.9 Å². The molecule has 3 rings (SSSR count). The van der Waals surface area contributed by atoms with E-state index in [4.69, 9.17) is 5.73 Å². The van der Waals surface area contributed by atoms with E-state index in [1.165, 1.54) is 12.1 Å². The minimum absolute atomic E-state index is 0. The van der Waals surface area contributed by atoms with Crippen molar-refractivity contribution in [1.82, 2.24) is 5.32 Å². The molecule has 1 aromatic carbocycles. The van der Waals surface area contributed by atoms with Crippen molar-refractivity contribution >= 4 is 47.1 Å². The van der Waals surface area contributed by atoms with Gasteiger partial charge in [-0.2, -0.15) is 13.2 Å². The Morgan fingerprint density at radius 3 is 2.56 bits per heavy atom. The second kappa shape index (κ2) is 7.27. The fourth-order valence-corrected chi connectivity index (χ4v) is 3.38. The SMILES string of the molecule is Cl.NC1CCN(c2ccc(C(F)(F)F)cc2/C=C2/SC(=O)NC2=O)C1. The van der Waals surface area contributed by atoms with Gasteiger partial charge in [0.25, 0.3) is 11.1 Å². The Kier molecular flexibility index (Phi) is 5.70. The fourth-order valence-electron chi connectivity index (χ4n) is 2.70. The fraction of sp³-hybridized carbons (Fsp3) is 0.333. The van der Waals surface area contributed by atoms with Gasteiger partial charge >= 0.3 is 6.18 Å². The molecule has 3 N–H and O–H groups in total. The zero-order chi connectivity index (χ0) is 17.5. The van der Waals surface area contributed by atoms with Crippen molar-refractivity contribution in [3.05, 3.63) is 34.2 Å². The number of carbonyl (C=O) groups excluding carboxylic acids is 2. The van der Waals surface area contributed by atoms with Gasteiger partial charge in [0.15, 0.2) is 0 Å². The number of alkyl halides is 3. The highest BCUT2D eigenvalue weighted by Gasteiger charge is 2.32. The first-order chi connectivity index (χ1) is 11.2. The van der Waals surface area contributed by atoms with Crippen molar-refractivity contribution in [2.45, 2.75) is 18.6 Å². The van der Waals surface area contributed by atoms with Crippen molar-refractivity contribution in [1.29, 1.82) is 0 Å². The largest absolute Gasteiger partial charge is 0.416 e. The van der Waals surface area contributed by atoms with Gasteiger partial charge in [0.1, 0.15) is 0 Å². The lowest BCUT2D eigenvalue weighted by molar-refractivity contribution is -0.137. The molecule has 0 saturated carbocycles. The van der Waals surface area contributed by atoms with Crippen LogP contribution in [-0.4, -0.2) is 30.3 Å². The molecule has 1 atom stereocenters. The summed E-state index contributed by atoms with van der Waals surface area (Å²) >= 11 is 0.671. The molecule has 0 spiro atoms. The third-order valence-corrected chi connectivity index (χ3v) is 4.66. The number of hydrogen-bond acceptors (Lipinski definition) is 5. The second-order valence-electron chi connectivity index (χ2n) is 5.62. The number of nitrogens with one attached hydrogen (secondary N) is 1. The molecule has 1 aromatic rings. The minimum Gasteiger partial charge on any atom is -0.369 e. The summed E-state index contributed by atoms with van der Waals surface area (Å²) in [5.41, 5.74) is 5.86. The molecule has 1 unspecified atom stereocenters. The van der Waals surface area contributed by atoms with Gasteiger partial charge < -0.3 is 10.6 Å². The van der Waals surface area contributed by atoms with Gasteiger partial charge in [-0.25, -0.2) is 0 Å². The third kappa shape index (κ3) is 4.28. The van der Waals surface area contributed by atoms with Crippen LogP contribution < -0.4 is 16.0 Å². The van der Waals surface area contributed by atoms with E-state index in [1.54, 1.807) is 0 Å².